The first kappa shape index (κ1) is 21.1. The van der Waals surface area contributed by atoms with Crippen LogP contribution in [0.25, 0.3) is 0 Å². The minimum atomic E-state index is -0.961. The zero-order valence-electron chi connectivity index (χ0n) is 16.0. The molecule has 156 valence electrons. The Balaban J connectivity index is 1.86. The zero-order valence-corrected chi connectivity index (χ0v) is 16.0. The average Bonchev–Trinajstić information content (AvgIpc) is 2.76. The number of carbonyl (C=O) groups is 2. The second kappa shape index (κ2) is 8.82. The lowest BCUT2D eigenvalue weighted by atomic mass is 10.1. The highest BCUT2D eigenvalue weighted by Crippen LogP contribution is 2.30. The van der Waals surface area contributed by atoms with Crippen LogP contribution in [0.5, 0.6) is 11.5 Å². The van der Waals surface area contributed by atoms with Crippen molar-refractivity contribution in [3.8, 4) is 11.5 Å². The highest BCUT2D eigenvalue weighted by Gasteiger charge is 2.24. The Morgan fingerprint density at radius 2 is 1.06 bits per heavy atom. The molecule has 10 heteroatoms. The predicted molar refractivity (Wildman–Crippen MR) is 107 cm³/mol. The molecule has 0 atom stereocenters. The minimum absolute atomic E-state index is 0.0102. The highest BCUT2D eigenvalue weighted by molar-refractivity contribution is 5.96. The van der Waals surface area contributed by atoms with E-state index in [-0.39, 0.29) is 28.2 Å². The van der Waals surface area contributed by atoms with Gasteiger partial charge in [-0.1, -0.05) is 30.3 Å². The smallest absolute Gasteiger partial charge is 0.350 e. The van der Waals surface area contributed by atoms with E-state index >= 15 is 0 Å². The Bertz CT molecular complexity index is 1120. The molecule has 0 radical (unpaired) electrons. The molecule has 0 spiro atoms. The fourth-order valence-electron chi connectivity index (χ4n) is 2.74. The van der Waals surface area contributed by atoms with E-state index in [9.17, 15) is 29.8 Å². The molecule has 10 nitrogen and oxygen atoms in total. The standard InChI is InChI=1S/C21H14N2O8/c1-13-18(30-20(24)14-7-2-4-9-16(14)22(26)27)11-6-12-19(13)31-21(25)15-8-3-5-10-17(15)23(28)29/h2-12H,1H3. The Morgan fingerprint density at radius 3 is 1.45 bits per heavy atom. The normalized spacial score (nSPS) is 10.2. The van der Waals surface area contributed by atoms with Gasteiger partial charge in [0.05, 0.1) is 9.85 Å². The summed E-state index contributed by atoms with van der Waals surface area (Å²) in [5, 5.41) is 22.2. The fraction of sp³-hybridized carbons (Fsp3) is 0.0476. The first-order valence-electron chi connectivity index (χ1n) is 8.80. The lowest BCUT2D eigenvalue weighted by Crippen LogP contribution is -2.14. The second-order valence-electron chi connectivity index (χ2n) is 6.21. The Labute approximate surface area is 174 Å². The molecule has 0 saturated carbocycles. The second-order valence-corrected chi connectivity index (χ2v) is 6.21. The summed E-state index contributed by atoms with van der Waals surface area (Å²) < 4.78 is 10.5. The molecule has 3 aromatic carbocycles. The summed E-state index contributed by atoms with van der Waals surface area (Å²) in [7, 11) is 0. The third kappa shape index (κ3) is 4.53. The maximum Gasteiger partial charge on any atom is 0.350 e. The number of nitro groups is 2. The summed E-state index contributed by atoms with van der Waals surface area (Å²) >= 11 is 0. The van der Waals surface area contributed by atoms with Crippen LogP contribution in [0.4, 0.5) is 11.4 Å². The lowest BCUT2D eigenvalue weighted by molar-refractivity contribution is -0.385. The van der Waals surface area contributed by atoms with Crippen molar-refractivity contribution in [3.63, 3.8) is 0 Å². The fourth-order valence-corrected chi connectivity index (χ4v) is 2.74. The Kier molecular flexibility index (Phi) is 6.01. The molecular formula is C21H14N2O8. The Morgan fingerprint density at radius 1 is 0.677 bits per heavy atom. The summed E-state index contributed by atoms with van der Waals surface area (Å²) in [5.41, 5.74) is -1.06. The molecule has 0 saturated heterocycles. The van der Waals surface area contributed by atoms with Crippen molar-refractivity contribution < 1.29 is 28.9 Å². The van der Waals surface area contributed by atoms with Gasteiger partial charge in [0.15, 0.2) is 0 Å². The van der Waals surface area contributed by atoms with Gasteiger partial charge in [0.2, 0.25) is 0 Å². The van der Waals surface area contributed by atoms with Gasteiger partial charge >= 0.3 is 11.9 Å². The van der Waals surface area contributed by atoms with E-state index in [2.05, 4.69) is 0 Å². The van der Waals surface area contributed by atoms with Gasteiger partial charge in [0.1, 0.15) is 22.6 Å². The van der Waals surface area contributed by atoms with Gasteiger partial charge in [-0.3, -0.25) is 20.2 Å². The molecule has 3 aromatic rings. The van der Waals surface area contributed by atoms with Crippen molar-refractivity contribution in [1.82, 2.24) is 0 Å². The summed E-state index contributed by atoms with van der Waals surface area (Å²) in [5.74, 6) is -1.90. The number of rotatable bonds is 6. The molecule has 0 aliphatic heterocycles. The molecule has 0 aromatic heterocycles. The van der Waals surface area contributed by atoms with E-state index < -0.39 is 33.2 Å². The molecule has 0 bridgehead atoms. The van der Waals surface area contributed by atoms with Crippen molar-refractivity contribution in [2.45, 2.75) is 6.92 Å². The first-order chi connectivity index (χ1) is 14.8. The number of nitro benzene ring substituents is 2. The molecule has 0 aliphatic carbocycles. The van der Waals surface area contributed by atoms with Gasteiger partial charge in [0, 0.05) is 17.7 Å². The van der Waals surface area contributed by atoms with E-state index in [4.69, 9.17) is 9.47 Å². The molecule has 31 heavy (non-hydrogen) atoms. The summed E-state index contributed by atoms with van der Waals surface area (Å²) in [6, 6.07) is 14.9. The molecule has 0 aliphatic rings. The van der Waals surface area contributed by atoms with Crippen LogP contribution in [0.3, 0.4) is 0 Å². The van der Waals surface area contributed by atoms with Crippen molar-refractivity contribution in [2.75, 3.05) is 0 Å². The topological polar surface area (TPSA) is 139 Å². The number of ether oxygens (including phenoxy) is 2. The molecule has 0 N–H and O–H groups in total. The minimum Gasteiger partial charge on any atom is -0.422 e. The van der Waals surface area contributed by atoms with Crippen molar-refractivity contribution in [2.24, 2.45) is 0 Å². The van der Waals surface area contributed by atoms with Crippen molar-refractivity contribution >= 4 is 23.3 Å². The molecule has 0 heterocycles. The number of esters is 2. The van der Waals surface area contributed by atoms with Crippen LogP contribution >= 0.6 is 0 Å². The number of para-hydroxylation sites is 2. The van der Waals surface area contributed by atoms with E-state index in [1.165, 1.54) is 73.7 Å². The van der Waals surface area contributed by atoms with Crippen molar-refractivity contribution in [3.05, 3.63) is 104 Å². The third-order valence-electron chi connectivity index (χ3n) is 4.28. The zero-order chi connectivity index (χ0) is 22.5. The van der Waals surface area contributed by atoms with E-state index in [0.29, 0.717) is 0 Å². The third-order valence-corrected chi connectivity index (χ3v) is 4.28. The maximum atomic E-state index is 12.5. The highest BCUT2D eigenvalue weighted by atomic mass is 16.6. The summed E-state index contributed by atoms with van der Waals surface area (Å²) in [4.78, 5) is 45.8. The van der Waals surface area contributed by atoms with Crippen LogP contribution in [0.15, 0.2) is 66.7 Å². The van der Waals surface area contributed by atoms with E-state index in [1.54, 1.807) is 0 Å². The van der Waals surface area contributed by atoms with Crippen LogP contribution < -0.4 is 9.47 Å². The van der Waals surface area contributed by atoms with E-state index in [0.717, 1.165) is 0 Å². The summed E-state index contributed by atoms with van der Waals surface area (Å²) in [6.07, 6.45) is 0. The summed E-state index contributed by atoms with van der Waals surface area (Å²) in [6.45, 7) is 1.50. The van der Waals surface area contributed by atoms with Crippen LogP contribution in [-0.2, 0) is 0 Å². The number of hydrogen-bond acceptors (Lipinski definition) is 8. The van der Waals surface area contributed by atoms with Gasteiger partial charge < -0.3 is 9.47 Å². The molecule has 0 unspecified atom stereocenters. The first-order valence-corrected chi connectivity index (χ1v) is 8.80. The molecule has 3 rings (SSSR count). The van der Waals surface area contributed by atoms with E-state index in [1.807, 2.05) is 0 Å². The SMILES string of the molecule is Cc1c(OC(=O)c2ccccc2[N+](=O)[O-])cccc1OC(=O)c1ccccc1[N+](=O)[O-]. The van der Waals surface area contributed by atoms with Crippen LogP contribution in [0.1, 0.15) is 26.3 Å². The number of benzene rings is 3. The van der Waals surface area contributed by atoms with Crippen LogP contribution in [-0.4, -0.2) is 21.8 Å². The van der Waals surface area contributed by atoms with Crippen molar-refractivity contribution in [1.29, 1.82) is 0 Å². The monoisotopic (exact) mass is 422 g/mol. The predicted octanol–water partition coefficient (Wildman–Crippen LogP) is 4.25. The maximum absolute atomic E-state index is 12.5. The van der Waals surface area contributed by atoms with Gasteiger partial charge in [-0.05, 0) is 31.2 Å². The van der Waals surface area contributed by atoms with Crippen LogP contribution in [0.2, 0.25) is 0 Å². The van der Waals surface area contributed by atoms with Gasteiger partial charge in [-0.25, -0.2) is 9.59 Å². The van der Waals surface area contributed by atoms with Gasteiger partial charge in [0.25, 0.3) is 11.4 Å². The molecule has 0 amide bonds. The molecule has 0 fully saturated rings. The van der Waals surface area contributed by atoms with Gasteiger partial charge in [-0.2, -0.15) is 0 Å². The largest absolute Gasteiger partial charge is 0.422 e. The van der Waals surface area contributed by atoms with Gasteiger partial charge in [-0.15, -0.1) is 0 Å². The lowest BCUT2D eigenvalue weighted by Gasteiger charge is -2.12. The Hall–Kier alpha value is -4.60. The number of carbonyl (C=O) groups excluding carboxylic acids is 2. The van der Waals surface area contributed by atoms with Crippen LogP contribution in [0, 0.1) is 27.2 Å². The average molecular weight is 422 g/mol. The quantitative estimate of drug-likeness (QED) is 0.249. The number of nitrogens with zero attached hydrogens (tertiary/aromatic N) is 2. The number of hydrogen-bond donors (Lipinski definition) is 0. The molecular weight excluding hydrogens is 408 g/mol.